The molecule has 0 bridgehead atoms. The average molecular weight is 477 g/mol. The molecule has 1 aliphatic heterocycles. The smallest absolute Gasteiger partial charge is 0.321 e. The number of rotatable bonds is 8. The van der Waals surface area contributed by atoms with E-state index in [4.69, 9.17) is 0 Å². The van der Waals surface area contributed by atoms with Gasteiger partial charge in [-0.05, 0) is 31.0 Å². The molecule has 7 nitrogen and oxygen atoms in total. The quantitative estimate of drug-likeness (QED) is 0.467. The fourth-order valence-electron chi connectivity index (χ4n) is 4.48. The van der Waals surface area contributed by atoms with Crippen LogP contribution >= 0.6 is 0 Å². The van der Waals surface area contributed by atoms with Crippen molar-refractivity contribution in [3.05, 3.63) is 65.2 Å². The van der Waals surface area contributed by atoms with E-state index in [9.17, 15) is 33.7 Å². The van der Waals surface area contributed by atoms with Gasteiger partial charge in [-0.15, -0.1) is 0 Å². The summed E-state index contributed by atoms with van der Waals surface area (Å²) in [5.74, 6) is -5.27. The van der Waals surface area contributed by atoms with Crippen LogP contribution in [0.2, 0.25) is 0 Å². The Bertz CT molecular complexity index is 1040. The summed E-state index contributed by atoms with van der Waals surface area (Å²) < 4.78 is 29.2. The summed E-state index contributed by atoms with van der Waals surface area (Å²) in [6.45, 7) is 2.80. The first-order valence-corrected chi connectivity index (χ1v) is 11.0. The van der Waals surface area contributed by atoms with Gasteiger partial charge in [0.15, 0.2) is 0 Å². The number of nitrogens with one attached hydrogen (secondary N) is 1. The third-order valence-electron chi connectivity index (χ3n) is 6.68. The van der Waals surface area contributed by atoms with E-state index in [1.165, 1.54) is 32.0 Å². The minimum atomic E-state index is -3.27. The maximum absolute atomic E-state index is 14.6. The molecule has 1 heterocycles. The maximum atomic E-state index is 14.6. The number of aliphatic hydroxyl groups is 1. The van der Waals surface area contributed by atoms with Crippen molar-refractivity contribution in [1.82, 2.24) is 10.2 Å². The highest BCUT2D eigenvalue weighted by Crippen LogP contribution is 2.47. The lowest BCUT2D eigenvalue weighted by Crippen LogP contribution is -2.52. The molecule has 1 unspecified atom stereocenters. The monoisotopic (exact) mass is 476 g/mol. The number of carbonyl (C=O) groups is 2. The first kappa shape index (κ1) is 25.6. The number of hydrogen-bond acceptors (Lipinski definition) is 5. The number of carbonyl (C=O) groups excluding carboxylic acids is 1. The topological polar surface area (TPSA) is 110 Å². The zero-order chi connectivity index (χ0) is 25.3. The molecule has 3 rings (SSSR count). The van der Waals surface area contributed by atoms with Crippen LogP contribution < -0.4 is 5.32 Å². The van der Waals surface area contributed by atoms with E-state index >= 15 is 0 Å². The Hall–Kier alpha value is -3.04. The third-order valence-corrected chi connectivity index (χ3v) is 6.68. The Kier molecular flexibility index (Phi) is 7.28. The lowest BCUT2D eigenvalue weighted by Gasteiger charge is -2.33. The SMILES string of the molecule is Cc1c(O)cccc1C(=O)N[C@@H](Cc1ccccc1)[C@@H](O)CN1CC(F)(F)C(C)(C)C1C(=O)O. The van der Waals surface area contributed by atoms with Crippen LogP contribution in [0, 0.1) is 12.3 Å². The van der Waals surface area contributed by atoms with Gasteiger partial charge in [0, 0.05) is 17.7 Å². The summed E-state index contributed by atoms with van der Waals surface area (Å²) in [6.07, 6.45) is -1.15. The summed E-state index contributed by atoms with van der Waals surface area (Å²) in [4.78, 5) is 25.9. The number of hydrogen-bond donors (Lipinski definition) is 4. The Labute approximate surface area is 197 Å². The lowest BCUT2D eigenvalue weighted by atomic mass is 9.82. The van der Waals surface area contributed by atoms with Gasteiger partial charge in [-0.3, -0.25) is 14.5 Å². The van der Waals surface area contributed by atoms with Gasteiger partial charge in [0.1, 0.15) is 11.8 Å². The number of aliphatic carboxylic acids is 1. The first-order chi connectivity index (χ1) is 15.8. The van der Waals surface area contributed by atoms with Gasteiger partial charge in [-0.25, -0.2) is 8.78 Å². The van der Waals surface area contributed by atoms with Crippen LogP contribution in [-0.2, 0) is 11.2 Å². The number of carboxylic acids is 1. The predicted octanol–water partition coefficient (Wildman–Crippen LogP) is 2.83. The highest BCUT2D eigenvalue weighted by atomic mass is 19.3. The number of amides is 1. The molecule has 1 amide bonds. The molecule has 34 heavy (non-hydrogen) atoms. The van der Waals surface area contributed by atoms with E-state index in [-0.39, 0.29) is 24.3 Å². The zero-order valence-corrected chi connectivity index (χ0v) is 19.3. The number of aromatic hydroxyl groups is 1. The van der Waals surface area contributed by atoms with Crippen LogP contribution in [0.1, 0.15) is 35.3 Å². The van der Waals surface area contributed by atoms with Gasteiger partial charge in [0.25, 0.3) is 11.8 Å². The molecule has 0 saturated carbocycles. The minimum absolute atomic E-state index is 0.0568. The first-order valence-electron chi connectivity index (χ1n) is 11.0. The predicted molar refractivity (Wildman–Crippen MR) is 122 cm³/mol. The number of carboxylic acid groups (broad SMARTS) is 1. The van der Waals surface area contributed by atoms with E-state index in [1.807, 2.05) is 6.07 Å². The molecule has 0 spiro atoms. The van der Waals surface area contributed by atoms with Crippen molar-refractivity contribution in [3.63, 3.8) is 0 Å². The number of nitrogens with zero attached hydrogens (tertiary/aromatic N) is 1. The molecule has 0 aromatic heterocycles. The van der Waals surface area contributed by atoms with Gasteiger partial charge in [0.2, 0.25) is 0 Å². The van der Waals surface area contributed by atoms with Gasteiger partial charge >= 0.3 is 5.97 Å². The summed E-state index contributed by atoms with van der Waals surface area (Å²) in [7, 11) is 0. The second-order valence-electron chi connectivity index (χ2n) is 9.38. The van der Waals surface area contributed by atoms with Crippen molar-refractivity contribution in [3.8, 4) is 5.75 Å². The molecular formula is C25H30F2N2O5. The molecule has 1 aliphatic rings. The van der Waals surface area contributed by atoms with E-state index in [0.717, 1.165) is 10.5 Å². The summed E-state index contributed by atoms with van der Waals surface area (Å²) in [5.41, 5.74) is -0.473. The van der Waals surface area contributed by atoms with E-state index in [2.05, 4.69) is 5.32 Å². The highest BCUT2D eigenvalue weighted by molar-refractivity contribution is 5.96. The molecule has 2 aromatic rings. The number of β-amino-alcohol motifs (C(OH)–C–C–N with tert-alkyl or cyclic N) is 1. The van der Waals surface area contributed by atoms with E-state index in [0.29, 0.717) is 5.56 Å². The molecule has 3 atom stereocenters. The molecule has 4 N–H and O–H groups in total. The Morgan fingerprint density at radius 1 is 1.15 bits per heavy atom. The van der Waals surface area contributed by atoms with Crippen LogP contribution in [0.4, 0.5) is 8.78 Å². The van der Waals surface area contributed by atoms with E-state index in [1.54, 1.807) is 31.2 Å². The lowest BCUT2D eigenvalue weighted by molar-refractivity contribution is -0.149. The largest absolute Gasteiger partial charge is 0.508 e. The highest BCUT2D eigenvalue weighted by Gasteiger charge is 2.63. The second-order valence-corrected chi connectivity index (χ2v) is 9.38. The molecule has 1 saturated heterocycles. The number of halogens is 2. The van der Waals surface area contributed by atoms with Crippen molar-refractivity contribution in [1.29, 1.82) is 0 Å². The van der Waals surface area contributed by atoms with Crippen molar-refractivity contribution >= 4 is 11.9 Å². The second kappa shape index (κ2) is 9.68. The number of phenols is 1. The summed E-state index contributed by atoms with van der Waals surface area (Å²) >= 11 is 0. The van der Waals surface area contributed by atoms with Crippen LogP contribution in [0.25, 0.3) is 0 Å². The molecule has 0 radical (unpaired) electrons. The van der Waals surface area contributed by atoms with E-state index < -0.39 is 47.9 Å². The molecule has 9 heteroatoms. The average Bonchev–Trinajstić information content (AvgIpc) is 2.93. The molecule has 184 valence electrons. The number of alkyl halides is 2. The van der Waals surface area contributed by atoms with Crippen molar-refractivity contribution in [2.45, 2.75) is 51.3 Å². The Morgan fingerprint density at radius 3 is 2.41 bits per heavy atom. The molecule has 0 aliphatic carbocycles. The molecule has 1 fully saturated rings. The third kappa shape index (κ3) is 5.05. The summed E-state index contributed by atoms with van der Waals surface area (Å²) in [5, 5.41) is 33.4. The molecular weight excluding hydrogens is 446 g/mol. The van der Waals surface area contributed by atoms with Gasteiger partial charge in [-0.2, -0.15) is 0 Å². The Balaban J connectivity index is 1.86. The van der Waals surface area contributed by atoms with Crippen LogP contribution in [-0.4, -0.2) is 69.3 Å². The molecule has 2 aromatic carbocycles. The van der Waals surface area contributed by atoms with Gasteiger partial charge in [-0.1, -0.05) is 50.2 Å². The van der Waals surface area contributed by atoms with Crippen molar-refractivity contribution in [2.75, 3.05) is 13.1 Å². The fourth-order valence-corrected chi connectivity index (χ4v) is 4.48. The number of aliphatic hydroxyl groups excluding tert-OH is 1. The minimum Gasteiger partial charge on any atom is -0.508 e. The standard InChI is InChI=1S/C25H30F2N2O5/c1-15-17(10-7-11-19(15)30)22(32)28-18(12-16-8-5-4-6-9-16)20(31)13-29-14-25(26,27)24(2,3)21(29)23(33)34/h4-11,18,20-21,30-31H,12-14H2,1-3H3,(H,28,32)(H,33,34)/t18-,20-,21?/m0/s1. The van der Waals surface area contributed by atoms with Crippen LogP contribution in [0.3, 0.4) is 0 Å². The van der Waals surface area contributed by atoms with Crippen molar-refractivity contribution in [2.24, 2.45) is 5.41 Å². The number of benzene rings is 2. The number of phenolic OH excluding ortho intramolecular Hbond substituents is 1. The van der Waals surface area contributed by atoms with Gasteiger partial charge in [0.05, 0.1) is 24.1 Å². The summed E-state index contributed by atoms with van der Waals surface area (Å²) in [6, 6.07) is 11.1. The fraction of sp³-hybridized carbons (Fsp3) is 0.440. The van der Waals surface area contributed by atoms with Gasteiger partial charge < -0.3 is 20.6 Å². The van der Waals surface area contributed by atoms with Crippen molar-refractivity contribution < 1.29 is 33.7 Å². The van der Waals surface area contributed by atoms with Crippen LogP contribution in [0.15, 0.2) is 48.5 Å². The zero-order valence-electron chi connectivity index (χ0n) is 19.3. The maximum Gasteiger partial charge on any atom is 0.321 e. The number of likely N-dealkylation sites (tertiary alicyclic amines) is 1. The normalized spacial score (nSPS) is 21.1. The van der Waals surface area contributed by atoms with Crippen LogP contribution in [0.5, 0.6) is 5.75 Å². The Morgan fingerprint density at radius 2 is 1.79 bits per heavy atom.